The molecule has 0 spiro atoms. The number of β-amino-alcohol motifs (C(OH)–C–C–N with tert-alkyl or cyclic N) is 1. The molecule has 1 aliphatic rings. The van der Waals surface area contributed by atoms with Crippen molar-refractivity contribution in [3.8, 4) is 6.07 Å². The molecule has 1 heterocycles. The zero-order valence-corrected chi connectivity index (χ0v) is 7.32. The smallest absolute Gasteiger partial charge is 0.0944 e. The van der Waals surface area contributed by atoms with Crippen molar-refractivity contribution in [1.29, 1.82) is 5.26 Å². The fraction of sp³-hybridized carbons (Fsp3) is 0.667. The Morgan fingerprint density at radius 2 is 2.58 bits per heavy atom. The van der Waals surface area contributed by atoms with Crippen LogP contribution in [0.15, 0.2) is 11.6 Å². The van der Waals surface area contributed by atoms with Gasteiger partial charge in [0, 0.05) is 25.2 Å². The molecule has 0 bridgehead atoms. The van der Waals surface area contributed by atoms with Gasteiger partial charge in [-0.05, 0) is 13.3 Å². The first kappa shape index (κ1) is 9.24. The van der Waals surface area contributed by atoms with E-state index in [0.717, 1.165) is 25.1 Å². The molecule has 1 atom stereocenters. The fourth-order valence-electron chi connectivity index (χ4n) is 1.35. The zero-order valence-electron chi connectivity index (χ0n) is 7.32. The second-order valence-corrected chi connectivity index (χ2v) is 3.20. The maximum absolute atomic E-state index is 9.10. The van der Waals surface area contributed by atoms with Crippen LogP contribution in [0.4, 0.5) is 0 Å². The van der Waals surface area contributed by atoms with Crippen LogP contribution in [0.25, 0.3) is 0 Å². The summed E-state index contributed by atoms with van der Waals surface area (Å²) in [5.41, 5.74) is 0.872. The monoisotopic (exact) mass is 166 g/mol. The summed E-state index contributed by atoms with van der Waals surface area (Å²) in [6.45, 7) is 4.18. The number of nitrogens with zero attached hydrogens (tertiary/aromatic N) is 2. The summed E-state index contributed by atoms with van der Waals surface area (Å²) in [7, 11) is 0. The Kier molecular flexibility index (Phi) is 3.27. The number of hydrogen-bond acceptors (Lipinski definition) is 3. The van der Waals surface area contributed by atoms with Crippen LogP contribution in [0.3, 0.4) is 0 Å². The van der Waals surface area contributed by atoms with E-state index in [1.54, 1.807) is 6.92 Å². The Morgan fingerprint density at radius 3 is 3.00 bits per heavy atom. The normalized spacial score (nSPS) is 21.2. The predicted octanol–water partition coefficient (Wildman–Crippen LogP) is 0.523. The summed E-state index contributed by atoms with van der Waals surface area (Å²) in [6.07, 6.45) is 2.48. The molecule has 0 fully saturated rings. The Balaban J connectivity index is 2.37. The minimum atomic E-state index is -0.276. The lowest BCUT2D eigenvalue weighted by atomic mass is 10.1. The highest BCUT2D eigenvalue weighted by Crippen LogP contribution is 2.09. The summed E-state index contributed by atoms with van der Waals surface area (Å²) < 4.78 is 0. The molecule has 0 aromatic carbocycles. The Labute approximate surface area is 72.9 Å². The molecule has 66 valence electrons. The Morgan fingerprint density at radius 1 is 1.83 bits per heavy atom. The lowest BCUT2D eigenvalue weighted by molar-refractivity contribution is 0.132. The molecule has 1 unspecified atom stereocenters. The van der Waals surface area contributed by atoms with E-state index < -0.39 is 0 Å². The number of aliphatic hydroxyl groups is 1. The van der Waals surface area contributed by atoms with Crippen LogP contribution >= 0.6 is 0 Å². The van der Waals surface area contributed by atoms with Crippen LogP contribution in [0.2, 0.25) is 0 Å². The molecular formula is C9H14N2O. The number of rotatable bonds is 2. The van der Waals surface area contributed by atoms with Crippen molar-refractivity contribution >= 4 is 0 Å². The molecule has 3 heteroatoms. The highest BCUT2D eigenvalue weighted by atomic mass is 16.3. The van der Waals surface area contributed by atoms with E-state index in [4.69, 9.17) is 10.4 Å². The lowest BCUT2D eigenvalue weighted by Gasteiger charge is -2.25. The third-order valence-electron chi connectivity index (χ3n) is 1.96. The van der Waals surface area contributed by atoms with Gasteiger partial charge in [0.05, 0.1) is 12.2 Å². The molecular weight excluding hydrogens is 152 g/mol. The lowest BCUT2D eigenvalue weighted by Crippen LogP contribution is -2.34. The van der Waals surface area contributed by atoms with Gasteiger partial charge in [-0.1, -0.05) is 6.08 Å². The van der Waals surface area contributed by atoms with Gasteiger partial charge in [-0.25, -0.2) is 0 Å². The fourth-order valence-corrected chi connectivity index (χ4v) is 1.35. The van der Waals surface area contributed by atoms with Gasteiger partial charge < -0.3 is 5.11 Å². The average molecular weight is 166 g/mol. The van der Waals surface area contributed by atoms with Crippen molar-refractivity contribution in [2.24, 2.45) is 0 Å². The molecule has 1 N–H and O–H groups in total. The maximum Gasteiger partial charge on any atom is 0.0944 e. The van der Waals surface area contributed by atoms with Gasteiger partial charge in [0.1, 0.15) is 0 Å². The predicted molar refractivity (Wildman–Crippen MR) is 46.4 cm³/mol. The van der Waals surface area contributed by atoms with Crippen LogP contribution in [0.1, 0.15) is 13.3 Å². The van der Waals surface area contributed by atoms with Gasteiger partial charge in [-0.3, -0.25) is 4.90 Å². The van der Waals surface area contributed by atoms with Crippen molar-refractivity contribution in [2.75, 3.05) is 19.6 Å². The van der Waals surface area contributed by atoms with E-state index in [1.165, 1.54) is 0 Å². The Hall–Kier alpha value is -0.850. The van der Waals surface area contributed by atoms with Crippen LogP contribution in [0, 0.1) is 11.3 Å². The molecule has 0 amide bonds. The van der Waals surface area contributed by atoms with E-state index >= 15 is 0 Å². The summed E-state index contributed by atoms with van der Waals surface area (Å²) >= 11 is 0. The van der Waals surface area contributed by atoms with Crippen LogP contribution in [0.5, 0.6) is 0 Å². The van der Waals surface area contributed by atoms with Crippen molar-refractivity contribution in [2.45, 2.75) is 19.4 Å². The maximum atomic E-state index is 9.10. The van der Waals surface area contributed by atoms with E-state index in [-0.39, 0.29) is 6.10 Å². The second-order valence-electron chi connectivity index (χ2n) is 3.20. The van der Waals surface area contributed by atoms with E-state index in [2.05, 4.69) is 11.0 Å². The molecule has 1 rings (SSSR count). The summed E-state index contributed by atoms with van der Waals surface area (Å²) in [5, 5.41) is 17.7. The quantitative estimate of drug-likeness (QED) is 0.650. The Bertz CT molecular complexity index is 215. The molecule has 3 nitrogen and oxygen atoms in total. The van der Waals surface area contributed by atoms with Gasteiger partial charge in [-0.15, -0.1) is 0 Å². The summed E-state index contributed by atoms with van der Waals surface area (Å²) in [6, 6.07) is 2.15. The van der Waals surface area contributed by atoms with Crippen LogP contribution in [-0.4, -0.2) is 35.7 Å². The van der Waals surface area contributed by atoms with E-state index in [1.807, 2.05) is 6.08 Å². The minimum Gasteiger partial charge on any atom is -0.392 e. The molecule has 0 aromatic heterocycles. The molecule has 0 aromatic rings. The van der Waals surface area contributed by atoms with E-state index in [9.17, 15) is 0 Å². The highest BCUT2D eigenvalue weighted by Gasteiger charge is 2.12. The van der Waals surface area contributed by atoms with Crippen molar-refractivity contribution in [3.05, 3.63) is 11.6 Å². The SMILES string of the molecule is CC(O)CN1CC=C(C#N)CC1. The average Bonchev–Trinajstić information content (AvgIpc) is 2.05. The largest absolute Gasteiger partial charge is 0.392 e. The van der Waals surface area contributed by atoms with Crippen molar-refractivity contribution in [1.82, 2.24) is 4.90 Å². The topological polar surface area (TPSA) is 47.3 Å². The first-order valence-electron chi connectivity index (χ1n) is 4.22. The second kappa shape index (κ2) is 4.24. The first-order valence-corrected chi connectivity index (χ1v) is 4.22. The molecule has 0 saturated heterocycles. The molecule has 1 aliphatic heterocycles. The van der Waals surface area contributed by atoms with Crippen molar-refractivity contribution < 1.29 is 5.11 Å². The third kappa shape index (κ3) is 2.65. The number of aliphatic hydroxyl groups excluding tert-OH is 1. The van der Waals surface area contributed by atoms with Crippen molar-refractivity contribution in [3.63, 3.8) is 0 Å². The molecule has 0 aliphatic carbocycles. The van der Waals surface area contributed by atoms with E-state index in [0.29, 0.717) is 6.54 Å². The van der Waals surface area contributed by atoms with Gasteiger partial charge in [-0.2, -0.15) is 5.26 Å². The van der Waals surface area contributed by atoms with Gasteiger partial charge in [0.25, 0.3) is 0 Å². The minimum absolute atomic E-state index is 0.276. The van der Waals surface area contributed by atoms with Crippen LogP contribution < -0.4 is 0 Å². The van der Waals surface area contributed by atoms with Gasteiger partial charge in [0.2, 0.25) is 0 Å². The van der Waals surface area contributed by atoms with Crippen LogP contribution in [-0.2, 0) is 0 Å². The standard InChI is InChI=1S/C9H14N2O/c1-8(12)7-11-4-2-9(6-10)3-5-11/h2,8,12H,3-5,7H2,1H3. The number of hydrogen-bond donors (Lipinski definition) is 1. The zero-order chi connectivity index (χ0) is 8.97. The summed E-state index contributed by atoms with van der Waals surface area (Å²) in [4.78, 5) is 2.14. The first-order chi connectivity index (χ1) is 5.72. The molecule has 12 heavy (non-hydrogen) atoms. The van der Waals surface area contributed by atoms with Gasteiger partial charge in [0.15, 0.2) is 0 Å². The molecule has 0 saturated carbocycles. The third-order valence-corrected chi connectivity index (χ3v) is 1.96. The van der Waals surface area contributed by atoms with Gasteiger partial charge >= 0.3 is 0 Å². The highest BCUT2D eigenvalue weighted by molar-refractivity contribution is 5.22. The molecule has 0 radical (unpaired) electrons. The summed E-state index contributed by atoms with van der Waals surface area (Å²) in [5.74, 6) is 0. The number of nitriles is 1.